The fourth-order valence-electron chi connectivity index (χ4n) is 3.89. The molecule has 37 heavy (non-hydrogen) atoms. The van der Waals surface area contributed by atoms with Crippen LogP contribution in [0.1, 0.15) is 26.3 Å². The van der Waals surface area contributed by atoms with Crippen molar-refractivity contribution in [3.05, 3.63) is 76.3 Å². The van der Waals surface area contributed by atoms with Crippen molar-refractivity contribution in [3.63, 3.8) is 0 Å². The van der Waals surface area contributed by atoms with E-state index in [2.05, 4.69) is 5.32 Å². The Kier molecular flexibility index (Phi) is 9.45. The van der Waals surface area contributed by atoms with E-state index in [0.717, 1.165) is 15.9 Å². The van der Waals surface area contributed by atoms with Gasteiger partial charge in [0.25, 0.3) is 0 Å². The molecule has 0 fully saturated rings. The highest BCUT2D eigenvalue weighted by atomic mass is 35.5. The molecule has 0 bridgehead atoms. The van der Waals surface area contributed by atoms with E-state index in [4.69, 9.17) is 23.2 Å². The van der Waals surface area contributed by atoms with Crippen LogP contribution >= 0.6 is 23.2 Å². The molecule has 0 aliphatic heterocycles. The fraction of sp³-hybridized carbons (Fsp3) is 0.333. The van der Waals surface area contributed by atoms with E-state index in [1.165, 1.54) is 4.90 Å². The fourth-order valence-corrected chi connectivity index (χ4v) is 5.07. The van der Waals surface area contributed by atoms with Crippen LogP contribution in [-0.2, 0) is 26.2 Å². The van der Waals surface area contributed by atoms with Gasteiger partial charge in [0.2, 0.25) is 21.8 Å². The van der Waals surface area contributed by atoms with Crippen LogP contribution < -0.4 is 9.62 Å². The number of carbonyl (C=O) groups excluding carboxylic acids is 2. The largest absolute Gasteiger partial charge is 0.354 e. The second kappa shape index (κ2) is 12.2. The van der Waals surface area contributed by atoms with Crippen molar-refractivity contribution in [1.82, 2.24) is 10.2 Å². The van der Waals surface area contributed by atoms with E-state index in [1.54, 1.807) is 37.3 Å². The van der Waals surface area contributed by atoms with Gasteiger partial charge in [0.05, 0.1) is 22.0 Å². The molecule has 3 aromatic carbocycles. The Balaban J connectivity index is 1.98. The number of benzene rings is 3. The SMILES string of the molecule is CC(C)CNC(=O)C(C)N(Cc1ccc(Cl)c(Cl)c1)C(=O)CN(c1cccc2ccccc12)S(C)(=O)=O. The summed E-state index contributed by atoms with van der Waals surface area (Å²) in [6.45, 7) is 5.57. The predicted molar refractivity (Wildman–Crippen MR) is 150 cm³/mol. The third-order valence-corrected chi connectivity index (χ3v) is 7.77. The van der Waals surface area contributed by atoms with Crippen LogP contribution in [-0.4, -0.2) is 50.5 Å². The number of rotatable bonds is 10. The van der Waals surface area contributed by atoms with Crippen molar-refractivity contribution in [2.24, 2.45) is 5.92 Å². The third-order valence-electron chi connectivity index (χ3n) is 5.90. The minimum atomic E-state index is -3.84. The molecule has 3 rings (SSSR count). The number of nitrogens with one attached hydrogen (secondary N) is 1. The standard InChI is InChI=1S/C27H31Cl2N3O4S/c1-18(2)15-30-27(34)19(3)31(16-20-12-13-23(28)24(29)14-20)26(33)17-32(37(4,35)36)25-11-7-9-21-8-5-6-10-22(21)25/h5-14,18-19H,15-17H2,1-4H3,(H,30,34). The minimum absolute atomic E-state index is 0.0408. The van der Waals surface area contributed by atoms with Gasteiger partial charge in [0.15, 0.2) is 0 Å². The maximum absolute atomic E-state index is 13.7. The number of hydrogen-bond acceptors (Lipinski definition) is 4. The Morgan fingerprint density at radius 1 is 0.946 bits per heavy atom. The molecule has 1 N–H and O–H groups in total. The smallest absolute Gasteiger partial charge is 0.244 e. The number of fused-ring (bicyclic) bond motifs is 1. The lowest BCUT2D eigenvalue weighted by Gasteiger charge is -2.32. The van der Waals surface area contributed by atoms with Gasteiger partial charge >= 0.3 is 0 Å². The molecule has 0 aliphatic rings. The summed E-state index contributed by atoms with van der Waals surface area (Å²) in [6, 6.07) is 16.7. The van der Waals surface area contributed by atoms with Crippen LogP contribution in [0.2, 0.25) is 10.0 Å². The first-order valence-electron chi connectivity index (χ1n) is 11.8. The molecule has 3 aromatic rings. The molecule has 7 nitrogen and oxygen atoms in total. The molecule has 2 amide bonds. The van der Waals surface area contributed by atoms with Gasteiger partial charge in [0.1, 0.15) is 12.6 Å². The van der Waals surface area contributed by atoms with Crippen LogP contribution in [0.15, 0.2) is 60.7 Å². The molecular weight excluding hydrogens is 533 g/mol. The summed E-state index contributed by atoms with van der Waals surface area (Å²) >= 11 is 12.2. The average Bonchev–Trinajstić information content (AvgIpc) is 2.85. The van der Waals surface area contributed by atoms with Crippen LogP contribution in [0.4, 0.5) is 5.69 Å². The second-order valence-electron chi connectivity index (χ2n) is 9.35. The van der Waals surface area contributed by atoms with Crippen molar-refractivity contribution >= 4 is 61.5 Å². The number of halogens is 2. The Morgan fingerprint density at radius 2 is 1.62 bits per heavy atom. The van der Waals surface area contributed by atoms with Crippen molar-refractivity contribution in [1.29, 1.82) is 0 Å². The Bertz CT molecular complexity index is 1390. The summed E-state index contributed by atoms with van der Waals surface area (Å²) in [7, 11) is -3.84. The first-order valence-corrected chi connectivity index (χ1v) is 14.5. The molecule has 0 heterocycles. The van der Waals surface area contributed by atoms with E-state index >= 15 is 0 Å². The average molecular weight is 565 g/mol. The predicted octanol–water partition coefficient (Wildman–Crippen LogP) is 5.10. The molecule has 10 heteroatoms. The number of carbonyl (C=O) groups is 2. The quantitative estimate of drug-likeness (QED) is 0.371. The number of nitrogens with zero attached hydrogens (tertiary/aromatic N) is 2. The summed E-state index contributed by atoms with van der Waals surface area (Å²) in [5, 5.41) is 5.07. The summed E-state index contributed by atoms with van der Waals surface area (Å²) in [5.41, 5.74) is 1.04. The molecule has 0 spiro atoms. The number of amides is 2. The second-order valence-corrected chi connectivity index (χ2v) is 12.1. The lowest BCUT2D eigenvalue weighted by atomic mass is 10.1. The normalized spacial score (nSPS) is 12.4. The highest BCUT2D eigenvalue weighted by molar-refractivity contribution is 7.92. The van der Waals surface area contributed by atoms with Crippen molar-refractivity contribution < 1.29 is 18.0 Å². The molecule has 1 unspecified atom stereocenters. The Morgan fingerprint density at radius 3 is 2.27 bits per heavy atom. The summed E-state index contributed by atoms with van der Waals surface area (Å²) < 4.78 is 26.9. The minimum Gasteiger partial charge on any atom is -0.354 e. The Hall–Kier alpha value is -2.81. The zero-order valence-corrected chi connectivity index (χ0v) is 23.6. The van der Waals surface area contributed by atoms with Crippen molar-refractivity contribution in [2.75, 3.05) is 23.7 Å². The van der Waals surface area contributed by atoms with Crippen molar-refractivity contribution in [3.8, 4) is 0 Å². The number of sulfonamides is 1. The van der Waals surface area contributed by atoms with Gasteiger partial charge in [-0.25, -0.2) is 8.42 Å². The van der Waals surface area contributed by atoms with Crippen LogP contribution in [0.3, 0.4) is 0 Å². The van der Waals surface area contributed by atoms with Gasteiger partial charge in [0, 0.05) is 18.5 Å². The van der Waals surface area contributed by atoms with Crippen LogP contribution in [0, 0.1) is 5.92 Å². The monoisotopic (exact) mass is 563 g/mol. The van der Waals surface area contributed by atoms with E-state index in [9.17, 15) is 18.0 Å². The summed E-state index contributed by atoms with van der Waals surface area (Å²) in [5.74, 6) is -0.641. The molecule has 198 valence electrons. The first kappa shape index (κ1) is 28.8. The number of anilines is 1. The Labute approximate surface area is 228 Å². The summed E-state index contributed by atoms with van der Waals surface area (Å²) in [6.07, 6.45) is 1.06. The summed E-state index contributed by atoms with van der Waals surface area (Å²) in [4.78, 5) is 28.0. The molecule has 0 saturated heterocycles. The van der Waals surface area contributed by atoms with E-state index in [1.807, 2.05) is 44.2 Å². The number of hydrogen-bond donors (Lipinski definition) is 1. The lowest BCUT2D eigenvalue weighted by Crippen LogP contribution is -2.51. The third kappa shape index (κ3) is 7.37. The van der Waals surface area contributed by atoms with E-state index < -0.39 is 28.5 Å². The van der Waals surface area contributed by atoms with Gasteiger partial charge in [-0.1, -0.05) is 79.5 Å². The van der Waals surface area contributed by atoms with Crippen LogP contribution in [0.25, 0.3) is 10.8 Å². The van der Waals surface area contributed by atoms with Gasteiger partial charge in [-0.05, 0) is 42.0 Å². The molecule has 0 aromatic heterocycles. The van der Waals surface area contributed by atoms with Gasteiger partial charge in [-0.15, -0.1) is 0 Å². The van der Waals surface area contributed by atoms with Gasteiger partial charge in [-0.3, -0.25) is 13.9 Å². The molecule has 0 radical (unpaired) electrons. The van der Waals surface area contributed by atoms with E-state index in [-0.39, 0.29) is 18.4 Å². The molecule has 0 aliphatic carbocycles. The topological polar surface area (TPSA) is 86.8 Å². The first-order chi connectivity index (χ1) is 17.4. The maximum atomic E-state index is 13.7. The zero-order valence-electron chi connectivity index (χ0n) is 21.2. The molecule has 1 atom stereocenters. The van der Waals surface area contributed by atoms with Gasteiger partial charge < -0.3 is 10.2 Å². The highest BCUT2D eigenvalue weighted by Gasteiger charge is 2.30. The zero-order chi connectivity index (χ0) is 27.3. The highest BCUT2D eigenvalue weighted by Crippen LogP contribution is 2.29. The van der Waals surface area contributed by atoms with Crippen LogP contribution in [0.5, 0.6) is 0 Å². The van der Waals surface area contributed by atoms with Gasteiger partial charge in [-0.2, -0.15) is 0 Å². The van der Waals surface area contributed by atoms with E-state index in [0.29, 0.717) is 33.2 Å². The molecule has 0 saturated carbocycles. The lowest BCUT2D eigenvalue weighted by molar-refractivity contribution is -0.139. The maximum Gasteiger partial charge on any atom is 0.244 e. The molecular formula is C27H31Cl2N3O4S. The van der Waals surface area contributed by atoms with Crippen molar-refractivity contribution in [2.45, 2.75) is 33.4 Å².